The fourth-order valence-corrected chi connectivity index (χ4v) is 2.93. The number of morpholine rings is 1. The van der Waals surface area contributed by atoms with E-state index < -0.39 is 0 Å². The average molecular weight is 312 g/mol. The molecule has 3 heterocycles. The SMILES string of the molecule is c1cnc2c(c1)OC[C@@H](c1ccc(CN3CCOCC3)cc1)O2. The Morgan fingerprint density at radius 2 is 1.91 bits per heavy atom. The van der Waals surface area contributed by atoms with Gasteiger partial charge in [-0.3, -0.25) is 4.90 Å². The van der Waals surface area contributed by atoms with Gasteiger partial charge >= 0.3 is 0 Å². The summed E-state index contributed by atoms with van der Waals surface area (Å²) < 4.78 is 17.1. The molecule has 1 aromatic carbocycles. The van der Waals surface area contributed by atoms with Gasteiger partial charge in [-0.15, -0.1) is 0 Å². The predicted molar refractivity (Wildman–Crippen MR) is 85.6 cm³/mol. The van der Waals surface area contributed by atoms with Gasteiger partial charge in [0.15, 0.2) is 11.9 Å². The molecule has 5 heteroatoms. The Labute approximate surface area is 135 Å². The van der Waals surface area contributed by atoms with Gasteiger partial charge in [0.1, 0.15) is 6.61 Å². The lowest BCUT2D eigenvalue weighted by molar-refractivity contribution is 0.0342. The molecule has 0 N–H and O–H groups in total. The molecule has 0 spiro atoms. The molecular formula is C18H20N2O3. The molecular weight excluding hydrogens is 292 g/mol. The first-order chi connectivity index (χ1) is 11.4. The van der Waals surface area contributed by atoms with E-state index in [0.717, 1.165) is 38.4 Å². The molecule has 2 aliphatic heterocycles. The van der Waals surface area contributed by atoms with Crippen LogP contribution < -0.4 is 9.47 Å². The molecule has 5 nitrogen and oxygen atoms in total. The third-order valence-electron chi connectivity index (χ3n) is 4.24. The molecule has 1 saturated heterocycles. The van der Waals surface area contributed by atoms with Crippen molar-refractivity contribution in [3.8, 4) is 11.6 Å². The molecule has 0 saturated carbocycles. The van der Waals surface area contributed by atoms with E-state index in [4.69, 9.17) is 14.2 Å². The van der Waals surface area contributed by atoms with Crippen LogP contribution in [0.4, 0.5) is 0 Å². The molecule has 1 atom stereocenters. The second-order valence-corrected chi connectivity index (χ2v) is 5.85. The Morgan fingerprint density at radius 1 is 1.09 bits per heavy atom. The lowest BCUT2D eigenvalue weighted by Gasteiger charge is -2.27. The van der Waals surface area contributed by atoms with Crippen molar-refractivity contribution in [2.24, 2.45) is 0 Å². The Bertz CT molecular complexity index is 654. The number of nitrogens with zero attached hydrogens (tertiary/aromatic N) is 2. The van der Waals surface area contributed by atoms with Gasteiger partial charge in [-0.25, -0.2) is 4.98 Å². The zero-order valence-corrected chi connectivity index (χ0v) is 13.0. The van der Waals surface area contributed by atoms with Gasteiger partial charge in [0.2, 0.25) is 0 Å². The van der Waals surface area contributed by atoms with E-state index in [0.29, 0.717) is 18.2 Å². The highest BCUT2D eigenvalue weighted by Gasteiger charge is 2.23. The second kappa shape index (κ2) is 6.56. The highest BCUT2D eigenvalue weighted by Crippen LogP contribution is 2.33. The van der Waals surface area contributed by atoms with Crippen molar-refractivity contribution in [3.05, 3.63) is 53.7 Å². The molecule has 120 valence electrons. The summed E-state index contributed by atoms with van der Waals surface area (Å²) in [7, 11) is 0. The zero-order valence-electron chi connectivity index (χ0n) is 13.0. The van der Waals surface area contributed by atoms with Crippen LogP contribution in [-0.2, 0) is 11.3 Å². The van der Waals surface area contributed by atoms with Gasteiger partial charge in [-0.1, -0.05) is 24.3 Å². The lowest BCUT2D eigenvalue weighted by Crippen LogP contribution is -2.35. The number of benzene rings is 1. The molecule has 0 aliphatic carbocycles. The number of hydrogen-bond donors (Lipinski definition) is 0. The van der Waals surface area contributed by atoms with Gasteiger partial charge in [-0.05, 0) is 23.3 Å². The van der Waals surface area contributed by atoms with Gasteiger partial charge < -0.3 is 14.2 Å². The van der Waals surface area contributed by atoms with E-state index in [1.165, 1.54) is 5.56 Å². The molecule has 4 rings (SSSR count). The molecule has 0 radical (unpaired) electrons. The van der Waals surface area contributed by atoms with Crippen LogP contribution in [0, 0.1) is 0 Å². The molecule has 0 amide bonds. The van der Waals surface area contributed by atoms with Crippen molar-refractivity contribution < 1.29 is 14.2 Å². The van der Waals surface area contributed by atoms with Crippen LogP contribution in [0.1, 0.15) is 17.2 Å². The molecule has 23 heavy (non-hydrogen) atoms. The highest BCUT2D eigenvalue weighted by atomic mass is 16.6. The summed E-state index contributed by atoms with van der Waals surface area (Å²) in [6.45, 7) is 5.15. The molecule has 2 aliphatic rings. The standard InChI is InChI=1S/C18H20N2O3/c1-2-16-18(19-7-1)23-17(13-22-16)15-5-3-14(4-6-15)12-20-8-10-21-11-9-20/h1-7,17H,8-13H2/t17-/m0/s1. The van der Waals surface area contributed by atoms with E-state index in [1.54, 1.807) is 6.20 Å². The Balaban J connectivity index is 1.42. The normalized spacial score (nSPS) is 21.1. The summed E-state index contributed by atoms with van der Waals surface area (Å²) in [5, 5.41) is 0. The minimum absolute atomic E-state index is 0.102. The molecule has 1 fully saturated rings. The molecule has 0 bridgehead atoms. The van der Waals surface area contributed by atoms with Crippen LogP contribution >= 0.6 is 0 Å². The van der Waals surface area contributed by atoms with Crippen molar-refractivity contribution in [2.45, 2.75) is 12.6 Å². The van der Waals surface area contributed by atoms with E-state index in [9.17, 15) is 0 Å². The minimum atomic E-state index is -0.102. The maximum Gasteiger partial charge on any atom is 0.257 e. The van der Waals surface area contributed by atoms with Gasteiger partial charge in [0.25, 0.3) is 5.88 Å². The summed E-state index contributed by atoms with van der Waals surface area (Å²) in [6.07, 6.45) is 1.62. The summed E-state index contributed by atoms with van der Waals surface area (Å²) in [4.78, 5) is 6.64. The topological polar surface area (TPSA) is 43.8 Å². The van der Waals surface area contributed by atoms with E-state index in [1.807, 2.05) is 12.1 Å². The van der Waals surface area contributed by atoms with Crippen LogP contribution in [0.3, 0.4) is 0 Å². The lowest BCUT2D eigenvalue weighted by atomic mass is 10.1. The van der Waals surface area contributed by atoms with Gasteiger partial charge in [0.05, 0.1) is 13.2 Å². The first-order valence-corrected chi connectivity index (χ1v) is 8.02. The maximum absolute atomic E-state index is 5.94. The molecule has 0 unspecified atom stereocenters. The van der Waals surface area contributed by atoms with Crippen LogP contribution in [0.25, 0.3) is 0 Å². The fraction of sp³-hybridized carbons (Fsp3) is 0.389. The van der Waals surface area contributed by atoms with Crippen molar-refractivity contribution >= 4 is 0 Å². The summed E-state index contributed by atoms with van der Waals surface area (Å²) >= 11 is 0. The summed E-state index contributed by atoms with van der Waals surface area (Å²) in [5.41, 5.74) is 2.43. The van der Waals surface area contributed by atoms with Crippen LogP contribution in [-0.4, -0.2) is 42.8 Å². The number of aromatic nitrogens is 1. The predicted octanol–water partition coefficient (Wildman–Crippen LogP) is 2.43. The number of rotatable bonds is 3. The number of fused-ring (bicyclic) bond motifs is 1. The largest absolute Gasteiger partial charge is 0.484 e. The summed E-state index contributed by atoms with van der Waals surface area (Å²) in [6, 6.07) is 12.3. The first-order valence-electron chi connectivity index (χ1n) is 8.02. The average Bonchev–Trinajstić information content (AvgIpc) is 2.63. The van der Waals surface area contributed by atoms with Crippen molar-refractivity contribution in [1.29, 1.82) is 0 Å². The molecule has 1 aromatic heterocycles. The monoisotopic (exact) mass is 312 g/mol. The number of pyridine rings is 1. The number of ether oxygens (including phenoxy) is 3. The van der Waals surface area contributed by atoms with Crippen molar-refractivity contribution in [1.82, 2.24) is 9.88 Å². The summed E-state index contributed by atoms with van der Waals surface area (Å²) in [5.74, 6) is 1.29. The third-order valence-corrected chi connectivity index (χ3v) is 4.24. The van der Waals surface area contributed by atoms with Crippen LogP contribution in [0.2, 0.25) is 0 Å². The minimum Gasteiger partial charge on any atom is -0.484 e. The smallest absolute Gasteiger partial charge is 0.257 e. The Kier molecular flexibility index (Phi) is 4.13. The quantitative estimate of drug-likeness (QED) is 0.871. The van der Waals surface area contributed by atoms with Gasteiger partial charge in [-0.2, -0.15) is 0 Å². The highest BCUT2D eigenvalue weighted by molar-refractivity contribution is 5.35. The Hall–Kier alpha value is -2.11. The van der Waals surface area contributed by atoms with Crippen LogP contribution in [0.5, 0.6) is 11.6 Å². The van der Waals surface area contributed by atoms with E-state index in [-0.39, 0.29) is 6.10 Å². The van der Waals surface area contributed by atoms with Crippen molar-refractivity contribution in [2.75, 3.05) is 32.9 Å². The zero-order chi connectivity index (χ0) is 15.5. The van der Waals surface area contributed by atoms with Crippen LogP contribution in [0.15, 0.2) is 42.6 Å². The third kappa shape index (κ3) is 3.30. The fourth-order valence-electron chi connectivity index (χ4n) is 2.93. The van der Waals surface area contributed by atoms with E-state index >= 15 is 0 Å². The first kappa shape index (κ1) is 14.5. The van der Waals surface area contributed by atoms with Gasteiger partial charge in [0, 0.05) is 25.8 Å². The Morgan fingerprint density at radius 3 is 2.74 bits per heavy atom. The molecule has 2 aromatic rings. The van der Waals surface area contributed by atoms with E-state index in [2.05, 4.69) is 34.1 Å². The van der Waals surface area contributed by atoms with Crippen molar-refractivity contribution in [3.63, 3.8) is 0 Å². The maximum atomic E-state index is 5.94. The number of hydrogen-bond acceptors (Lipinski definition) is 5. The second-order valence-electron chi connectivity index (χ2n) is 5.85.